The van der Waals surface area contributed by atoms with Crippen molar-refractivity contribution in [1.29, 1.82) is 0 Å². The van der Waals surface area contributed by atoms with Crippen molar-refractivity contribution < 1.29 is 18.7 Å². The van der Waals surface area contributed by atoms with Gasteiger partial charge in [0.2, 0.25) is 5.91 Å². The van der Waals surface area contributed by atoms with Gasteiger partial charge in [0.1, 0.15) is 12.1 Å². The number of halogens is 2. The van der Waals surface area contributed by atoms with Crippen LogP contribution in [-0.4, -0.2) is 64.6 Å². The Bertz CT molecular complexity index is 1480. The Kier molecular flexibility index (Phi) is 7.34. The minimum Gasteiger partial charge on any atom is -0.395 e. The molecule has 3 N–H and O–H groups in total. The van der Waals surface area contributed by atoms with Crippen molar-refractivity contribution in [2.75, 3.05) is 54.9 Å². The third-order valence-corrected chi connectivity index (χ3v) is 6.63. The number of β-amino-alcohol motifs (C(OH)–C–C–N with tert-alkyl or cyclic N) is 1. The van der Waals surface area contributed by atoms with Crippen LogP contribution in [0.3, 0.4) is 0 Å². The third-order valence-electron chi connectivity index (χ3n) is 6.63. The normalized spacial score (nSPS) is 14.0. The molecule has 3 heterocycles. The van der Waals surface area contributed by atoms with E-state index in [4.69, 9.17) is 5.11 Å². The lowest BCUT2D eigenvalue weighted by molar-refractivity contribution is -0.111. The summed E-state index contributed by atoms with van der Waals surface area (Å²) in [5.74, 6) is -1.82. The van der Waals surface area contributed by atoms with Crippen molar-refractivity contribution in [1.82, 2.24) is 14.3 Å². The highest BCUT2D eigenvalue weighted by molar-refractivity contribution is 5.99. The predicted molar refractivity (Wildman–Crippen MR) is 145 cm³/mol. The molecule has 0 radical (unpaired) electrons. The summed E-state index contributed by atoms with van der Waals surface area (Å²) in [6.45, 7) is 6.58. The minimum absolute atomic E-state index is 0.00995. The second-order valence-corrected chi connectivity index (χ2v) is 9.01. The largest absolute Gasteiger partial charge is 0.395 e. The number of hydrogen-bond acceptors (Lipinski definition) is 6. The number of rotatable bonds is 8. The van der Waals surface area contributed by atoms with E-state index >= 15 is 8.78 Å². The van der Waals surface area contributed by atoms with Crippen molar-refractivity contribution in [3.8, 4) is 11.1 Å². The van der Waals surface area contributed by atoms with Gasteiger partial charge in [-0.15, -0.1) is 0 Å². The van der Waals surface area contributed by atoms with Crippen LogP contribution in [0.15, 0.2) is 73.7 Å². The Balaban J connectivity index is 1.37. The van der Waals surface area contributed by atoms with E-state index in [-0.39, 0.29) is 23.9 Å². The van der Waals surface area contributed by atoms with Crippen LogP contribution in [0.1, 0.15) is 0 Å². The molecule has 1 aliphatic rings. The molecule has 1 fully saturated rings. The Morgan fingerprint density at radius 2 is 1.89 bits per heavy atom. The number of aliphatic hydroxyl groups is 1. The molecule has 1 amide bonds. The van der Waals surface area contributed by atoms with Gasteiger partial charge in [-0.25, -0.2) is 13.8 Å². The average molecular weight is 519 g/mol. The van der Waals surface area contributed by atoms with Gasteiger partial charge in [0, 0.05) is 56.2 Å². The molecular weight excluding hydrogens is 490 g/mol. The third kappa shape index (κ3) is 5.22. The number of benzene rings is 2. The fraction of sp³-hybridized carbons (Fsp3) is 0.214. The lowest BCUT2D eigenvalue weighted by Crippen LogP contribution is -2.47. The molecule has 1 aliphatic heterocycles. The summed E-state index contributed by atoms with van der Waals surface area (Å²) in [6.07, 6.45) is 4.66. The molecule has 0 spiro atoms. The van der Waals surface area contributed by atoms with Gasteiger partial charge in [-0.05, 0) is 42.0 Å². The first-order chi connectivity index (χ1) is 18.5. The van der Waals surface area contributed by atoms with Crippen molar-refractivity contribution in [2.24, 2.45) is 0 Å². The first-order valence-electron chi connectivity index (χ1n) is 12.3. The van der Waals surface area contributed by atoms with Crippen molar-refractivity contribution in [3.63, 3.8) is 0 Å². The van der Waals surface area contributed by atoms with Gasteiger partial charge >= 0.3 is 0 Å². The van der Waals surface area contributed by atoms with Gasteiger partial charge in [-0.3, -0.25) is 9.69 Å². The molecule has 1 saturated heterocycles. The molecule has 2 aromatic heterocycles. The Morgan fingerprint density at radius 3 is 2.66 bits per heavy atom. The van der Waals surface area contributed by atoms with Crippen LogP contribution in [0, 0.1) is 11.6 Å². The monoisotopic (exact) mass is 518 g/mol. The van der Waals surface area contributed by atoms with Crippen LogP contribution in [0.4, 0.5) is 31.7 Å². The predicted octanol–water partition coefficient (Wildman–Crippen LogP) is 4.26. The molecule has 38 heavy (non-hydrogen) atoms. The highest BCUT2D eigenvalue weighted by Gasteiger charge is 2.22. The quantitative estimate of drug-likeness (QED) is 0.302. The number of aliphatic hydroxyl groups excluding tert-OH is 1. The number of fused-ring (bicyclic) bond motifs is 1. The van der Waals surface area contributed by atoms with Gasteiger partial charge in [-0.1, -0.05) is 18.7 Å². The van der Waals surface area contributed by atoms with Crippen LogP contribution in [0.5, 0.6) is 0 Å². The van der Waals surface area contributed by atoms with Gasteiger partial charge in [-0.2, -0.15) is 0 Å². The fourth-order valence-corrected chi connectivity index (χ4v) is 4.65. The summed E-state index contributed by atoms with van der Waals surface area (Å²) < 4.78 is 32.0. The van der Waals surface area contributed by atoms with E-state index in [1.54, 1.807) is 24.5 Å². The topological polar surface area (TPSA) is 85.1 Å². The molecule has 0 bridgehead atoms. The van der Waals surface area contributed by atoms with E-state index in [1.807, 2.05) is 39.8 Å². The molecule has 0 atom stereocenters. The highest BCUT2D eigenvalue weighted by atomic mass is 19.2. The molecule has 0 aliphatic carbocycles. The second kappa shape index (κ2) is 11.0. The smallest absolute Gasteiger partial charge is 0.247 e. The lowest BCUT2D eigenvalue weighted by Gasteiger charge is -2.36. The maximum atomic E-state index is 15.1. The van der Waals surface area contributed by atoms with Crippen molar-refractivity contribution in [2.45, 2.75) is 0 Å². The molecule has 0 saturated carbocycles. The van der Waals surface area contributed by atoms with Crippen molar-refractivity contribution >= 4 is 34.3 Å². The first-order valence-corrected chi connectivity index (χ1v) is 12.3. The van der Waals surface area contributed by atoms with Crippen molar-refractivity contribution in [3.05, 3.63) is 85.3 Å². The maximum absolute atomic E-state index is 15.1. The Morgan fingerprint density at radius 1 is 1.08 bits per heavy atom. The van der Waals surface area contributed by atoms with Crippen LogP contribution in [0.25, 0.3) is 16.6 Å². The number of aromatic nitrogens is 2. The molecule has 10 heteroatoms. The molecule has 196 valence electrons. The Labute approximate surface area is 218 Å². The fourth-order valence-electron chi connectivity index (χ4n) is 4.65. The van der Waals surface area contributed by atoms with E-state index in [0.29, 0.717) is 44.2 Å². The highest BCUT2D eigenvalue weighted by Crippen LogP contribution is 2.32. The summed E-state index contributed by atoms with van der Waals surface area (Å²) in [7, 11) is 0. The minimum atomic E-state index is -0.969. The first kappa shape index (κ1) is 25.4. The van der Waals surface area contributed by atoms with Gasteiger partial charge in [0.05, 0.1) is 23.5 Å². The van der Waals surface area contributed by atoms with E-state index in [2.05, 4.69) is 27.1 Å². The Hall–Kier alpha value is -4.28. The standard InChI is InChI=1S/C28H28F2N6O2/c1-2-26(38)32-20-5-3-4-19(16-20)21-8-9-36-18-31-25(17-24(21)36)33-22-6-7-23(28(30)27(22)29)35-12-10-34(11-13-35)14-15-37/h2-9,16-18,33,37H,1,10-15H2,(H,32,38). The number of carbonyl (C=O) groups excluding carboxylic acids is 1. The molecule has 4 aromatic rings. The van der Waals surface area contributed by atoms with Gasteiger partial charge in [0.15, 0.2) is 11.6 Å². The number of nitrogens with zero attached hydrogens (tertiary/aromatic N) is 4. The summed E-state index contributed by atoms with van der Waals surface area (Å²) >= 11 is 0. The molecule has 2 aromatic carbocycles. The molecule has 8 nitrogen and oxygen atoms in total. The molecule has 5 rings (SSSR count). The SMILES string of the molecule is C=CC(=O)Nc1cccc(-c2ccn3cnc(Nc4ccc(N5CCN(CCO)CC5)c(F)c4F)cc23)c1. The summed E-state index contributed by atoms with van der Waals surface area (Å²) in [5.41, 5.74) is 3.39. The van der Waals surface area contributed by atoms with E-state index in [1.165, 1.54) is 12.1 Å². The number of anilines is 4. The summed E-state index contributed by atoms with van der Waals surface area (Å²) in [5, 5.41) is 14.8. The van der Waals surface area contributed by atoms with E-state index < -0.39 is 11.6 Å². The van der Waals surface area contributed by atoms with E-state index in [9.17, 15) is 4.79 Å². The zero-order valence-corrected chi connectivity index (χ0v) is 20.7. The zero-order valence-electron chi connectivity index (χ0n) is 20.7. The van der Waals surface area contributed by atoms with E-state index in [0.717, 1.165) is 16.6 Å². The average Bonchev–Trinajstić information content (AvgIpc) is 3.36. The second-order valence-electron chi connectivity index (χ2n) is 9.01. The summed E-state index contributed by atoms with van der Waals surface area (Å²) in [4.78, 5) is 19.9. The zero-order chi connectivity index (χ0) is 26.6. The maximum Gasteiger partial charge on any atom is 0.247 e. The van der Waals surface area contributed by atoms with Crippen LogP contribution in [0.2, 0.25) is 0 Å². The van der Waals surface area contributed by atoms with Gasteiger partial charge in [0.25, 0.3) is 0 Å². The number of nitrogens with one attached hydrogen (secondary N) is 2. The lowest BCUT2D eigenvalue weighted by atomic mass is 10.1. The number of amides is 1. The van der Waals surface area contributed by atoms with Crippen LogP contribution < -0.4 is 15.5 Å². The number of hydrogen-bond donors (Lipinski definition) is 3. The molecular formula is C28H28F2N6O2. The summed E-state index contributed by atoms with van der Waals surface area (Å²) in [6, 6.07) is 14.2. The number of carbonyl (C=O) groups is 1. The molecule has 0 unspecified atom stereocenters. The van der Waals surface area contributed by atoms with Crippen LogP contribution in [-0.2, 0) is 4.79 Å². The van der Waals surface area contributed by atoms with Crippen LogP contribution >= 0.6 is 0 Å². The van der Waals surface area contributed by atoms with Gasteiger partial charge < -0.3 is 25.0 Å². The number of piperazine rings is 1.